The number of rotatable bonds is 1. The Balaban J connectivity index is 1.91. The van der Waals surface area contributed by atoms with Crippen LogP contribution in [0.1, 0.15) is 51.4 Å². The van der Waals surface area contributed by atoms with Crippen molar-refractivity contribution in [3.8, 4) is 0 Å². The Kier molecular flexibility index (Phi) is 3.85. The lowest BCUT2D eigenvalue weighted by Gasteiger charge is -2.21. The molecule has 0 bridgehead atoms. The molecule has 0 saturated heterocycles. The SMILES string of the molecule is C1=CC([C]2CCC=CCC2)CCCC1. The smallest absolute Gasteiger partial charge is 0.0166 e. The first-order valence-corrected chi connectivity index (χ1v) is 6.13. The van der Waals surface area contributed by atoms with Gasteiger partial charge in [-0.1, -0.05) is 30.7 Å². The van der Waals surface area contributed by atoms with Gasteiger partial charge in [0.2, 0.25) is 0 Å². The van der Waals surface area contributed by atoms with Gasteiger partial charge in [-0.25, -0.2) is 0 Å². The fraction of sp³-hybridized carbons (Fsp3) is 0.643. The fourth-order valence-electron chi connectivity index (χ4n) is 2.59. The molecule has 1 atom stereocenters. The zero-order valence-corrected chi connectivity index (χ0v) is 9.04. The molecule has 14 heavy (non-hydrogen) atoms. The van der Waals surface area contributed by atoms with Crippen molar-refractivity contribution < 1.29 is 0 Å². The monoisotopic (exact) mass is 189 g/mol. The highest BCUT2D eigenvalue weighted by Crippen LogP contribution is 2.34. The maximum atomic E-state index is 2.48. The van der Waals surface area contributed by atoms with Crippen LogP contribution in [-0.2, 0) is 0 Å². The molecule has 0 fully saturated rings. The summed E-state index contributed by atoms with van der Waals surface area (Å²) in [7, 11) is 0. The van der Waals surface area contributed by atoms with Crippen LogP contribution in [0.4, 0.5) is 0 Å². The normalized spacial score (nSPS) is 29.9. The van der Waals surface area contributed by atoms with Crippen molar-refractivity contribution in [2.45, 2.75) is 51.4 Å². The van der Waals surface area contributed by atoms with Crippen LogP contribution in [0.25, 0.3) is 0 Å². The topological polar surface area (TPSA) is 0 Å². The van der Waals surface area contributed by atoms with Gasteiger partial charge < -0.3 is 0 Å². The summed E-state index contributed by atoms with van der Waals surface area (Å²) in [6.07, 6.45) is 20.4. The van der Waals surface area contributed by atoms with E-state index in [1.807, 2.05) is 5.92 Å². The summed E-state index contributed by atoms with van der Waals surface area (Å²) in [5.74, 6) is 2.63. The van der Waals surface area contributed by atoms with Crippen molar-refractivity contribution in [2.24, 2.45) is 5.92 Å². The van der Waals surface area contributed by atoms with E-state index in [1.165, 1.54) is 51.4 Å². The van der Waals surface area contributed by atoms with Crippen LogP contribution in [0.3, 0.4) is 0 Å². The molecule has 0 heterocycles. The first-order chi connectivity index (χ1) is 6.97. The van der Waals surface area contributed by atoms with Crippen molar-refractivity contribution in [1.82, 2.24) is 0 Å². The quantitative estimate of drug-likeness (QED) is 0.535. The molecule has 0 aromatic heterocycles. The maximum absolute atomic E-state index is 2.48. The molecule has 0 N–H and O–H groups in total. The fourth-order valence-corrected chi connectivity index (χ4v) is 2.59. The van der Waals surface area contributed by atoms with Crippen LogP contribution in [0.2, 0.25) is 0 Å². The Bertz CT molecular complexity index is 202. The molecule has 77 valence electrons. The molecular weight excluding hydrogens is 168 g/mol. The first-order valence-electron chi connectivity index (χ1n) is 6.13. The summed E-state index contributed by atoms with van der Waals surface area (Å²) in [5.41, 5.74) is 0. The second-order valence-corrected chi connectivity index (χ2v) is 4.53. The summed E-state index contributed by atoms with van der Waals surface area (Å²) in [4.78, 5) is 0. The minimum absolute atomic E-state index is 0.817. The molecule has 0 saturated carbocycles. The Hall–Kier alpha value is -0.520. The lowest BCUT2D eigenvalue weighted by atomic mass is 9.83. The van der Waals surface area contributed by atoms with E-state index in [-0.39, 0.29) is 0 Å². The Labute approximate surface area is 88.1 Å². The molecule has 0 spiro atoms. The molecule has 0 heteroatoms. The molecule has 2 aliphatic carbocycles. The van der Waals surface area contributed by atoms with Gasteiger partial charge in [0.15, 0.2) is 0 Å². The lowest BCUT2D eigenvalue weighted by Crippen LogP contribution is -2.09. The van der Waals surface area contributed by atoms with Crippen molar-refractivity contribution in [1.29, 1.82) is 0 Å². The third-order valence-corrected chi connectivity index (χ3v) is 3.46. The van der Waals surface area contributed by atoms with Crippen LogP contribution in [-0.4, -0.2) is 0 Å². The van der Waals surface area contributed by atoms with Crippen molar-refractivity contribution in [2.75, 3.05) is 0 Å². The Morgan fingerprint density at radius 1 is 0.857 bits per heavy atom. The standard InChI is InChI=1S/C14H21/c1-2-6-10-13(9-5-1)14-11-7-3-4-8-12-14/h1-2,7,11,14H,3-6,8-10,12H2. The highest BCUT2D eigenvalue weighted by atomic mass is 14.2. The molecule has 2 aliphatic rings. The van der Waals surface area contributed by atoms with E-state index in [2.05, 4.69) is 24.3 Å². The van der Waals surface area contributed by atoms with Gasteiger partial charge in [-0.05, 0) is 56.8 Å². The zero-order valence-electron chi connectivity index (χ0n) is 9.04. The van der Waals surface area contributed by atoms with Gasteiger partial charge in [-0.3, -0.25) is 0 Å². The molecule has 2 rings (SSSR count). The van der Waals surface area contributed by atoms with Crippen LogP contribution in [0.5, 0.6) is 0 Å². The maximum Gasteiger partial charge on any atom is -0.0166 e. The molecule has 0 aromatic rings. The predicted molar refractivity (Wildman–Crippen MR) is 61.9 cm³/mol. The van der Waals surface area contributed by atoms with E-state index >= 15 is 0 Å². The van der Waals surface area contributed by atoms with Gasteiger partial charge in [-0.2, -0.15) is 0 Å². The van der Waals surface area contributed by atoms with Crippen LogP contribution >= 0.6 is 0 Å². The van der Waals surface area contributed by atoms with E-state index in [0.29, 0.717) is 0 Å². The first kappa shape index (κ1) is 10.0. The second-order valence-electron chi connectivity index (χ2n) is 4.53. The van der Waals surface area contributed by atoms with Crippen LogP contribution < -0.4 is 0 Å². The molecule has 0 aromatic carbocycles. The van der Waals surface area contributed by atoms with Crippen molar-refractivity contribution >= 4 is 0 Å². The highest BCUT2D eigenvalue weighted by molar-refractivity contribution is 5.10. The van der Waals surface area contributed by atoms with E-state index in [1.54, 1.807) is 0 Å². The molecule has 1 unspecified atom stereocenters. The van der Waals surface area contributed by atoms with Crippen LogP contribution in [0, 0.1) is 11.8 Å². The minimum atomic E-state index is 0.817. The molecular formula is C14H21. The van der Waals surface area contributed by atoms with Gasteiger partial charge in [0.25, 0.3) is 0 Å². The summed E-state index contributed by atoms with van der Waals surface area (Å²) >= 11 is 0. The Morgan fingerprint density at radius 3 is 2.43 bits per heavy atom. The molecule has 1 radical (unpaired) electrons. The predicted octanol–water partition coefficient (Wildman–Crippen LogP) is 4.44. The van der Waals surface area contributed by atoms with E-state index in [4.69, 9.17) is 0 Å². The second kappa shape index (κ2) is 5.38. The summed E-state index contributed by atoms with van der Waals surface area (Å²) < 4.78 is 0. The zero-order chi connectivity index (χ0) is 9.64. The molecule has 0 amide bonds. The van der Waals surface area contributed by atoms with Gasteiger partial charge >= 0.3 is 0 Å². The van der Waals surface area contributed by atoms with Crippen molar-refractivity contribution in [3.05, 3.63) is 30.2 Å². The summed E-state index contributed by atoms with van der Waals surface area (Å²) in [5, 5.41) is 0. The average molecular weight is 189 g/mol. The lowest BCUT2D eigenvalue weighted by molar-refractivity contribution is 0.517. The minimum Gasteiger partial charge on any atom is -0.0885 e. The van der Waals surface area contributed by atoms with Crippen LogP contribution in [0.15, 0.2) is 24.3 Å². The summed E-state index contributed by atoms with van der Waals surface area (Å²) in [6.45, 7) is 0. The van der Waals surface area contributed by atoms with Gasteiger partial charge in [0, 0.05) is 0 Å². The van der Waals surface area contributed by atoms with Gasteiger partial charge in [-0.15, -0.1) is 0 Å². The third kappa shape index (κ3) is 2.73. The molecule has 0 nitrogen and oxygen atoms in total. The van der Waals surface area contributed by atoms with Gasteiger partial charge in [0.1, 0.15) is 0 Å². The Morgan fingerprint density at radius 2 is 1.64 bits per heavy atom. The number of hydrogen-bond donors (Lipinski definition) is 0. The van der Waals surface area contributed by atoms with E-state index in [9.17, 15) is 0 Å². The van der Waals surface area contributed by atoms with Gasteiger partial charge in [0.05, 0.1) is 0 Å². The third-order valence-electron chi connectivity index (χ3n) is 3.46. The van der Waals surface area contributed by atoms with E-state index in [0.717, 1.165) is 5.92 Å². The molecule has 0 aliphatic heterocycles. The average Bonchev–Trinajstić information content (AvgIpc) is 2.62. The largest absolute Gasteiger partial charge is 0.0885 e. The number of hydrogen-bond acceptors (Lipinski definition) is 0. The van der Waals surface area contributed by atoms with E-state index < -0.39 is 0 Å². The number of allylic oxidation sites excluding steroid dienone is 4. The summed E-state index contributed by atoms with van der Waals surface area (Å²) in [6, 6.07) is 0. The highest BCUT2D eigenvalue weighted by Gasteiger charge is 2.20. The van der Waals surface area contributed by atoms with Crippen molar-refractivity contribution in [3.63, 3.8) is 0 Å².